The van der Waals surface area contributed by atoms with Crippen molar-refractivity contribution in [3.05, 3.63) is 35.1 Å². The largest absolute Gasteiger partial charge is 0.315 e. The summed E-state index contributed by atoms with van der Waals surface area (Å²) in [6.07, 6.45) is 1.01. The van der Waals surface area contributed by atoms with E-state index in [0.717, 1.165) is 18.5 Å². The second kappa shape index (κ2) is 5.63. The van der Waals surface area contributed by atoms with Gasteiger partial charge in [0.05, 0.1) is 0 Å². The van der Waals surface area contributed by atoms with Crippen molar-refractivity contribution < 1.29 is 4.39 Å². The molecule has 17 heavy (non-hydrogen) atoms. The van der Waals surface area contributed by atoms with Crippen LogP contribution in [-0.2, 0) is 5.41 Å². The van der Waals surface area contributed by atoms with E-state index >= 15 is 0 Å². The molecule has 0 aromatic heterocycles. The third kappa shape index (κ3) is 4.12. The Morgan fingerprint density at radius 1 is 1.29 bits per heavy atom. The summed E-state index contributed by atoms with van der Waals surface area (Å²) >= 11 is 0. The van der Waals surface area contributed by atoms with E-state index in [0.29, 0.717) is 6.04 Å². The molecule has 0 atom stereocenters. The van der Waals surface area contributed by atoms with Gasteiger partial charge in [-0.15, -0.1) is 0 Å². The minimum absolute atomic E-state index is 0.00801. The standard InChI is InChI=1S/C15H24FN/c1-11(2)17-9-8-15(4,5)14-10-13(16)7-6-12(14)3/h6-7,10-11,17H,8-9H2,1-5H3. The average molecular weight is 237 g/mol. The molecule has 0 saturated heterocycles. The zero-order valence-electron chi connectivity index (χ0n) is 11.6. The number of hydrogen-bond acceptors (Lipinski definition) is 1. The second-order valence-electron chi connectivity index (χ2n) is 5.70. The van der Waals surface area contributed by atoms with Crippen LogP contribution >= 0.6 is 0 Å². The molecular formula is C15H24FN. The Morgan fingerprint density at radius 3 is 2.53 bits per heavy atom. The molecule has 0 aliphatic heterocycles. The fraction of sp³-hybridized carbons (Fsp3) is 0.600. The first-order chi connectivity index (χ1) is 7.83. The molecule has 0 heterocycles. The van der Waals surface area contributed by atoms with Crippen LogP contribution in [0.4, 0.5) is 4.39 Å². The topological polar surface area (TPSA) is 12.0 Å². The van der Waals surface area contributed by atoms with Gasteiger partial charge in [0.2, 0.25) is 0 Å². The highest BCUT2D eigenvalue weighted by Crippen LogP contribution is 2.29. The van der Waals surface area contributed by atoms with Crippen molar-refractivity contribution in [3.63, 3.8) is 0 Å². The molecule has 0 amide bonds. The highest BCUT2D eigenvalue weighted by molar-refractivity contribution is 5.32. The van der Waals surface area contributed by atoms with Crippen molar-refractivity contribution in [3.8, 4) is 0 Å². The van der Waals surface area contributed by atoms with Gasteiger partial charge in [0.1, 0.15) is 5.82 Å². The molecule has 0 unspecified atom stereocenters. The van der Waals surface area contributed by atoms with E-state index in [-0.39, 0.29) is 11.2 Å². The minimum atomic E-state index is -0.143. The Kier molecular flexibility index (Phi) is 4.70. The Balaban J connectivity index is 2.77. The maximum Gasteiger partial charge on any atom is 0.123 e. The molecule has 1 rings (SSSR count). The highest BCUT2D eigenvalue weighted by Gasteiger charge is 2.22. The SMILES string of the molecule is Cc1ccc(F)cc1C(C)(C)CCNC(C)C. The Labute approximate surface area is 104 Å². The van der Waals surface area contributed by atoms with Gasteiger partial charge in [0, 0.05) is 6.04 Å². The maximum absolute atomic E-state index is 13.3. The highest BCUT2D eigenvalue weighted by atomic mass is 19.1. The van der Waals surface area contributed by atoms with Crippen LogP contribution in [0.25, 0.3) is 0 Å². The van der Waals surface area contributed by atoms with Crippen LogP contribution in [0.3, 0.4) is 0 Å². The lowest BCUT2D eigenvalue weighted by atomic mass is 9.79. The van der Waals surface area contributed by atoms with Crippen LogP contribution in [0.15, 0.2) is 18.2 Å². The monoisotopic (exact) mass is 237 g/mol. The van der Waals surface area contributed by atoms with Gasteiger partial charge in [0.25, 0.3) is 0 Å². The summed E-state index contributed by atoms with van der Waals surface area (Å²) < 4.78 is 13.3. The van der Waals surface area contributed by atoms with Crippen LogP contribution in [-0.4, -0.2) is 12.6 Å². The molecule has 0 bridgehead atoms. The van der Waals surface area contributed by atoms with Crippen LogP contribution in [0.5, 0.6) is 0 Å². The van der Waals surface area contributed by atoms with E-state index in [1.54, 1.807) is 6.07 Å². The normalized spacial score (nSPS) is 12.2. The first-order valence-corrected chi connectivity index (χ1v) is 6.33. The van der Waals surface area contributed by atoms with E-state index in [2.05, 4.69) is 33.0 Å². The van der Waals surface area contributed by atoms with Crippen molar-refractivity contribution in [2.24, 2.45) is 0 Å². The first-order valence-electron chi connectivity index (χ1n) is 6.33. The van der Waals surface area contributed by atoms with Gasteiger partial charge >= 0.3 is 0 Å². The van der Waals surface area contributed by atoms with Crippen molar-refractivity contribution in [2.45, 2.75) is 52.5 Å². The van der Waals surface area contributed by atoms with Gasteiger partial charge in [-0.3, -0.25) is 0 Å². The fourth-order valence-corrected chi connectivity index (χ4v) is 2.13. The third-order valence-electron chi connectivity index (χ3n) is 3.23. The van der Waals surface area contributed by atoms with E-state index in [9.17, 15) is 4.39 Å². The predicted octanol–water partition coefficient (Wildman–Crippen LogP) is 3.80. The number of aryl methyl sites for hydroxylation is 1. The zero-order valence-corrected chi connectivity index (χ0v) is 11.6. The van der Waals surface area contributed by atoms with Gasteiger partial charge in [0.15, 0.2) is 0 Å². The molecule has 0 aliphatic rings. The van der Waals surface area contributed by atoms with Crippen LogP contribution in [0.1, 0.15) is 45.2 Å². The second-order valence-corrected chi connectivity index (χ2v) is 5.70. The van der Waals surface area contributed by atoms with Gasteiger partial charge in [-0.2, -0.15) is 0 Å². The minimum Gasteiger partial charge on any atom is -0.315 e. The summed E-state index contributed by atoms with van der Waals surface area (Å²) in [5, 5.41) is 3.41. The molecule has 1 N–H and O–H groups in total. The van der Waals surface area contributed by atoms with Crippen LogP contribution in [0.2, 0.25) is 0 Å². The van der Waals surface area contributed by atoms with Crippen LogP contribution in [0, 0.1) is 12.7 Å². The van der Waals surface area contributed by atoms with Crippen molar-refractivity contribution in [1.82, 2.24) is 5.32 Å². The van der Waals surface area contributed by atoms with E-state index in [1.165, 1.54) is 11.6 Å². The molecule has 96 valence electrons. The molecule has 0 fully saturated rings. The van der Waals surface area contributed by atoms with E-state index < -0.39 is 0 Å². The number of rotatable bonds is 5. The summed E-state index contributed by atoms with van der Waals surface area (Å²) in [5.74, 6) is -0.143. The molecule has 0 spiro atoms. The van der Waals surface area contributed by atoms with Crippen molar-refractivity contribution in [2.75, 3.05) is 6.54 Å². The molecular weight excluding hydrogens is 213 g/mol. The zero-order chi connectivity index (χ0) is 13.1. The summed E-state index contributed by atoms with van der Waals surface area (Å²) in [4.78, 5) is 0. The predicted molar refractivity (Wildman–Crippen MR) is 71.9 cm³/mol. The van der Waals surface area contributed by atoms with Gasteiger partial charge in [-0.25, -0.2) is 4.39 Å². The Morgan fingerprint density at radius 2 is 1.94 bits per heavy atom. The number of benzene rings is 1. The molecule has 0 saturated carbocycles. The molecule has 0 radical (unpaired) electrons. The van der Waals surface area contributed by atoms with Crippen LogP contribution < -0.4 is 5.32 Å². The summed E-state index contributed by atoms with van der Waals surface area (Å²) in [6.45, 7) is 11.6. The lowest BCUT2D eigenvalue weighted by molar-refractivity contribution is 0.437. The Bertz CT molecular complexity index is 369. The third-order valence-corrected chi connectivity index (χ3v) is 3.23. The summed E-state index contributed by atoms with van der Waals surface area (Å²) in [5.41, 5.74) is 2.29. The molecule has 2 heteroatoms. The fourth-order valence-electron chi connectivity index (χ4n) is 2.13. The summed E-state index contributed by atoms with van der Waals surface area (Å²) in [6, 6.07) is 5.56. The van der Waals surface area contributed by atoms with Gasteiger partial charge < -0.3 is 5.32 Å². The lowest BCUT2D eigenvalue weighted by Crippen LogP contribution is -2.30. The Hall–Kier alpha value is -0.890. The molecule has 1 aromatic rings. The molecule has 0 aliphatic carbocycles. The van der Waals surface area contributed by atoms with E-state index in [4.69, 9.17) is 0 Å². The average Bonchev–Trinajstić information content (AvgIpc) is 2.20. The maximum atomic E-state index is 13.3. The smallest absolute Gasteiger partial charge is 0.123 e. The number of nitrogens with one attached hydrogen (secondary N) is 1. The number of halogens is 1. The van der Waals surface area contributed by atoms with E-state index in [1.807, 2.05) is 13.0 Å². The molecule has 1 nitrogen and oxygen atoms in total. The lowest BCUT2D eigenvalue weighted by Gasteiger charge is -2.28. The van der Waals surface area contributed by atoms with Crippen molar-refractivity contribution in [1.29, 1.82) is 0 Å². The summed E-state index contributed by atoms with van der Waals surface area (Å²) in [7, 11) is 0. The van der Waals surface area contributed by atoms with Gasteiger partial charge in [-0.1, -0.05) is 33.8 Å². The van der Waals surface area contributed by atoms with Crippen molar-refractivity contribution >= 4 is 0 Å². The number of hydrogen-bond donors (Lipinski definition) is 1. The first kappa shape index (κ1) is 14.2. The van der Waals surface area contributed by atoms with Gasteiger partial charge in [-0.05, 0) is 48.6 Å². The quantitative estimate of drug-likeness (QED) is 0.821. The molecule has 1 aromatic carbocycles.